The van der Waals surface area contributed by atoms with Gasteiger partial charge in [-0.1, -0.05) is 6.07 Å². The summed E-state index contributed by atoms with van der Waals surface area (Å²) in [6.45, 7) is 2.02. The maximum atomic E-state index is 11.9. The Morgan fingerprint density at radius 2 is 2.11 bits per heavy atom. The minimum Gasteiger partial charge on any atom is -0.320 e. The standard InChI is InChI=1S/C16H14N2O/c1-11-5-6-12(10-17)9-15(11)18-8-7-13-14(18)3-2-4-16(13)19/h5-9H,2-4H2,1H3. The maximum absolute atomic E-state index is 11.9. The number of hydrogen-bond acceptors (Lipinski definition) is 2. The average Bonchev–Trinajstić information content (AvgIpc) is 2.85. The number of carbonyl (C=O) groups is 1. The number of aromatic nitrogens is 1. The van der Waals surface area contributed by atoms with Crippen LogP contribution in [0.25, 0.3) is 5.69 Å². The fourth-order valence-corrected chi connectivity index (χ4v) is 2.69. The van der Waals surface area contributed by atoms with Gasteiger partial charge in [0.25, 0.3) is 0 Å². The van der Waals surface area contributed by atoms with Crippen molar-refractivity contribution in [1.82, 2.24) is 4.57 Å². The number of rotatable bonds is 1. The summed E-state index contributed by atoms with van der Waals surface area (Å²) >= 11 is 0. The van der Waals surface area contributed by atoms with Crippen LogP contribution in [0.2, 0.25) is 0 Å². The van der Waals surface area contributed by atoms with Crippen LogP contribution < -0.4 is 0 Å². The van der Waals surface area contributed by atoms with Gasteiger partial charge in [-0.25, -0.2) is 0 Å². The van der Waals surface area contributed by atoms with Crippen LogP contribution in [0.3, 0.4) is 0 Å². The SMILES string of the molecule is Cc1ccc(C#N)cc1-n1ccc2c1CCCC2=O. The van der Waals surface area contributed by atoms with Gasteiger partial charge in [0.05, 0.1) is 11.6 Å². The third kappa shape index (κ3) is 1.86. The molecule has 1 aliphatic rings. The number of ketones is 1. The molecule has 0 unspecified atom stereocenters. The molecule has 1 aromatic carbocycles. The lowest BCUT2D eigenvalue weighted by atomic mass is 9.96. The Hall–Kier alpha value is -2.34. The first-order valence-corrected chi connectivity index (χ1v) is 6.45. The second kappa shape index (κ2) is 4.40. The number of nitriles is 1. The van der Waals surface area contributed by atoms with E-state index in [4.69, 9.17) is 5.26 Å². The summed E-state index contributed by atoms with van der Waals surface area (Å²) in [7, 11) is 0. The molecule has 0 saturated carbocycles. The third-order valence-electron chi connectivity index (χ3n) is 3.71. The minimum atomic E-state index is 0.231. The Kier molecular flexibility index (Phi) is 2.72. The summed E-state index contributed by atoms with van der Waals surface area (Å²) in [4.78, 5) is 11.9. The van der Waals surface area contributed by atoms with Crippen LogP contribution in [0.1, 0.15) is 40.0 Å². The highest BCUT2D eigenvalue weighted by atomic mass is 16.1. The molecular formula is C16H14N2O. The van der Waals surface area contributed by atoms with Crippen molar-refractivity contribution in [3.05, 3.63) is 52.8 Å². The molecule has 0 bridgehead atoms. The molecule has 0 saturated heterocycles. The van der Waals surface area contributed by atoms with E-state index in [1.807, 2.05) is 37.4 Å². The molecule has 0 spiro atoms. The van der Waals surface area contributed by atoms with E-state index in [1.54, 1.807) is 0 Å². The first-order valence-electron chi connectivity index (χ1n) is 6.45. The van der Waals surface area contributed by atoms with Gasteiger partial charge in [0.15, 0.2) is 5.78 Å². The first kappa shape index (κ1) is 11.7. The van der Waals surface area contributed by atoms with E-state index in [1.165, 1.54) is 0 Å². The molecule has 19 heavy (non-hydrogen) atoms. The summed E-state index contributed by atoms with van der Waals surface area (Å²) in [5, 5.41) is 9.02. The normalized spacial score (nSPS) is 14.0. The van der Waals surface area contributed by atoms with Gasteiger partial charge in [-0.15, -0.1) is 0 Å². The van der Waals surface area contributed by atoms with Crippen LogP contribution in [-0.2, 0) is 6.42 Å². The summed E-state index contributed by atoms with van der Waals surface area (Å²) in [6, 6.07) is 9.72. The van der Waals surface area contributed by atoms with Gasteiger partial charge in [-0.2, -0.15) is 5.26 Å². The molecule has 1 heterocycles. The van der Waals surface area contributed by atoms with Gasteiger partial charge >= 0.3 is 0 Å². The highest BCUT2D eigenvalue weighted by Gasteiger charge is 2.21. The van der Waals surface area contributed by atoms with Gasteiger partial charge in [-0.05, 0) is 43.5 Å². The number of nitrogens with zero attached hydrogens (tertiary/aromatic N) is 2. The fraction of sp³-hybridized carbons (Fsp3) is 0.250. The number of aryl methyl sites for hydroxylation is 1. The van der Waals surface area contributed by atoms with E-state index in [-0.39, 0.29) is 5.78 Å². The van der Waals surface area contributed by atoms with Crippen molar-refractivity contribution in [1.29, 1.82) is 5.26 Å². The summed E-state index contributed by atoms with van der Waals surface area (Å²) in [5.74, 6) is 0.231. The topological polar surface area (TPSA) is 45.8 Å². The molecule has 1 aromatic heterocycles. The fourth-order valence-electron chi connectivity index (χ4n) is 2.69. The zero-order chi connectivity index (χ0) is 13.4. The molecule has 1 aliphatic carbocycles. The van der Waals surface area contributed by atoms with E-state index in [0.29, 0.717) is 12.0 Å². The molecule has 0 aliphatic heterocycles. The lowest BCUT2D eigenvalue weighted by molar-refractivity contribution is 0.0972. The van der Waals surface area contributed by atoms with Crippen molar-refractivity contribution in [3.63, 3.8) is 0 Å². The lowest BCUT2D eigenvalue weighted by Gasteiger charge is -2.16. The minimum absolute atomic E-state index is 0.231. The van der Waals surface area contributed by atoms with Gasteiger partial charge < -0.3 is 4.57 Å². The van der Waals surface area contributed by atoms with Crippen LogP contribution >= 0.6 is 0 Å². The lowest BCUT2D eigenvalue weighted by Crippen LogP contribution is -2.12. The van der Waals surface area contributed by atoms with Gasteiger partial charge in [0.1, 0.15) is 0 Å². The third-order valence-corrected chi connectivity index (χ3v) is 3.71. The summed E-state index contributed by atoms with van der Waals surface area (Å²) in [6.07, 6.45) is 4.42. The van der Waals surface area contributed by atoms with Gasteiger partial charge in [-0.3, -0.25) is 4.79 Å². The zero-order valence-electron chi connectivity index (χ0n) is 10.8. The van der Waals surface area contributed by atoms with Crippen LogP contribution in [-0.4, -0.2) is 10.4 Å². The van der Waals surface area contributed by atoms with E-state index in [9.17, 15) is 4.79 Å². The molecule has 3 rings (SSSR count). The quantitative estimate of drug-likeness (QED) is 0.780. The Morgan fingerprint density at radius 3 is 2.89 bits per heavy atom. The predicted molar refractivity (Wildman–Crippen MR) is 72.5 cm³/mol. The van der Waals surface area contributed by atoms with Gasteiger partial charge in [0.2, 0.25) is 0 Å². The van der Waals surface area contributed by atoms with E-state index < -0.39 is 0 Å². The van der Waals surface area contributed by atoms with Crippen molar-refractivity contribution in [2.45, 2.75) is 26.2 Å². The van der Waals surface area contributed by atoms with Crippen LogP contribution in [0.15, 0.2) is 30.5 Å². The maximum Gasteiger partial charge on any atom is 0.164 e. The molecule has 94 valence electrons. The molecule has 3 nitrogen and oxygen atoms in total. The Bertz CT molecular complexity index is 704. The second-order valence-electron chi connectivity index (χ2n) is 4.94. The molecule has 2 aromatic rings. The monoisotopic (exact) mass is 250 g/mol. The van der Waals surface area contributed by atoms with Crippen LogP contribution in [0, 0.1) is 18.3 Å². The molecule has 0 radical (unpaired) electrons. The zero-order valence-corrected chi connectivity index (χ0v) is 10.8. The Labute approximate surface area is 112 Å². The van der Waals surface area contributed by atoms with Crippen LogP contribution in [0.5, 0.6) is 0 Å². The molecule has 0 amide bonds. The second-order valence-corrected chi connectivity index (χ2v) is 4.94. The Morgan fingerprint density at radius 1 is 1.26 bits per heavy atom. The van der Waals surface area contributed by atoms with Crippen molar-refractivity contribution in [2.24, 2.45) is 0 Å². The van der Waals surface area contributed by atoms with E-state index in [0.717, 1.165) is 35.3 Å². The number of benzene rings is 1. The molecule has 3 heteroatoms. The smallest absolute Gasteiger partial charge is 0.164 e. The Balaban J connectivity index is 2.18. The molecule has 0 fully saturated rings. The molecule has 0 N–H and O–H groups in total. The number of carbonyl (C=O) groups excluding carboxylic acids is 1. The van der Waals surface area contributed by atoms with Crippen molar-refractivity contribution in [3.8, 4) is 11.8 Å². The number of Topliss-reactive ketones (excluding diaryl/α,β-unsaturated/α-hetero) is 1. The number of hydrogen-bond donors (Lipinski definition) is 0. The van der Waals surface area contributed by atoms with Gasteiger partial charge in [0, 0.05) is 29.6 Å². The number of fused-ring (bicyclic) bond motifs is 1. The summed E-state index contributed by atoms with van der Waals surface area (Å²) in [5.41, 5.74) is 4.66. The molecule has 0 atom stereocenters. The van der Waals surface area contributed by atoms with Crippen molar-refractivity contribution in [2.75, 3.05) is 0 Å². The van der Waals surface area contributed by atoms with Crippen LogP contribution in [0.4, 0.5) is 0 Å². The predicted octanol–water partition coefficient (Wildman–Crippen LogP) is 3.18. The van der Waals surface area contributed by atoms with E-state index >= 15 is 0 Å². The largest absolute Gasteiger partial charge is 0.320 e. The highest BCUT2D eigenvalue weighted by Crippen LogP contribution is 2.27. The average molecular weight is 250 g/mol. The van der Waals surface area contributed by atoms with Crippen molar-refractivity contribution >= 4 is 5.78 Å². The van der Waals surface area contributed by atoms with E-state index in [2.05, 4.69) is 10.6 Å². The van der Waals surface area contributed by atoms with Crippen molar-refractivity contribution < 1.29 is 4.79 Å². The molecular weight excluding hydrogens is 236 g/mol. The summed E-state index contributed by atoms with van der Waals surface area (Å²) < 4.78 is 2.06. The highest BCUT2D eigenvalue weighted by molar-refractivity contribution is 5.98. The first-order chi connectivity index (χ1) is 9.20.